The predicted octanol–water partition coefficient (Wildman–Crippen LogP) is 3.29. The van der Waals surface area contributed by atoms with Crippen molar-refractivity contribution in [1.29, 1.82) is 0 Å². The SMILES string of the molecule is Cc1cccc(/C=C\C(=O)c2cccnc2)c1. The molecule has 2 aromatic rings. The molecule has 0 radical (unpaired) electrons. The Morgan fingerprint density at radius 2 is 2.12 bits per heavy atom. The zero-order valence-electron chi connectivity index (χ0n) is 9.63. The number of hydrogen-bond acceptors (Lipinski definition) is 2. The summed E-state index contributed by atoms with van der Waals surface area (Å²) in [5.41, 5.74) is 2.82. The second-order valence-electron chi connectivity index (χ2n) is 3.85. The normalized spacial score (nSPS) is 10.6. The summed E-state index contributed by atoms with van der Waals surface area (Å²) in [4.78, 5) is 15.7. The molecule has 0 saturated carbocycles. The molecule has 0 fully saturated rings. The maximum Gasteiger partial charge on any atom is 0.187 e. The quantitative estimate of drug-likeness (QED) is 0.590. The maximum atomic E-state index is 11.8. The Kier molecular flexibility index (Phi) is 3.46. The number of carbonyl (C=O) groups excluding carboxylic acids is 1. The molecule has 0 aliphatic heterocycles. The first-order chi connectivity index (χ1) is 8.25. The number of nitrogens with zero attached hydrogens (tertiary/aromatic N) is 1. The lowest BCUT2D eigenvalue weighted by molar-refractivity contribution is 0.104. The molecule has 2 heteroatoms. The molecule has 0 aliphatic rings. The fraction of sp³-hybridized carbons (Fsp3) is 0.0667. The second-order valence-corrected chi connectivity index (χ2v) is 3.85. The van der Waals surface area contributed by atoms with Gasteiger partial charge in [-0.25, -0.2) is 0 Å². The molecule has 17 heavy (non-hydrogen) atoms. The Morgan fingerprint density at radius 1 is 1.24 bits per heavy atom. The first kappa shape index (κ1) is 11.3. The van der Waals surface area contributed by atoms with Crippen molar-refractivity contribution in [3.8, 4) is 0 Å². The zero-order valence-corrected chi connectivity index (χ0v) is 9.63. The minimum absolute atomic E-state index is 0.0281. The van der Waals surface area contributed by atoms with Crippen molar-refractivity contribution in [3.63, 3.8) is 0 Å². The summed E-state index contributed by atoms with van der Waals surface area (Å²) >= 11 is 0. The molecule has 0 bridgehead atoms. The van der Waals surface area contributed by atoms with E-state index in [1.165, 1.54) is 5.56 Å². The van der Waals surface area contributed by atoms with Crippen LogP contribution in [0, 0.1) is 6.92 Å². The summed E-state index contributed by atoms with van der Waals surface area (Å²) in [6, 6.07) is 11.5. The number of allylic oxidation sites excluding steroid dienone is 1. The second kappa shape index (κ2) is 5.21. The molecular weight excluding hydrogens is 210 g/mol. The third-order valence-electron chi connectivity index (χ3n) is 2.42. The third kappa shape index (κ3) is 3.11. The highest BCUT2D eigenvalue weighted by molar-refractivity contribution is 6.06. The van der Waals surface area contributed by atoms with Crippen LogP contribution in [-0.2, 0) is 0 Å². The van der Waals surface area contributed by atoms with Crippen molar-refractivity contribution < 1.29 is 4.79 Å². The monoisotopic (exact) mass is 223 g/mol. The zero-order chi connectivity index (χ0) is 12.1. The Balaban J connectivity index is 2.14. The highest BCUT2D eigenvalue weighted by Crippen LogP contribution is 2.07. The van der Waals surface area contributed by atoms with Gasteiger partial charge in [0.15, 0.2) is 5.78 Å². The van der Waals surface area contributed by atoms with Crippen LogP contribution < -0.4 is 0 Å². The van der Waals surface area contributed by atoms with Gasteiger partial charge in [0, 0.05) is 18.0 Å². The molecular formula is C15H13NO. The first-order valence-corrected chi connectivity index (χ1v) is 5.45. The third-order valence-corrected chi connectivity index (χ3v) is 2.42. The Bertz CT molecular complexity index is 544. The largest absolute Gasteiger partial charge is 0.289 e. The average molecular weight is 223 g/mol. The first-order valence-electron chi connectivity index (χ1n) is 5.45. The molecule has 1 heterocycles. The lowest BCUT2D eigenvalue weighted by Crippen LogP contribution is -1.93. The standard InChI is InChI=1S/C15H13NO/c1-12-4-2-5-13(10-12)7-8-15(17)14-6-3-9-16-11-14/h2-11H,1H3/b8-7-. The lowest BCUT2D eigenvalue weighted by Gasteiger charge is -1.96. The van der Waals surface area contributed by atoms with Crippen molar-refractivity contribution in [1.82, 2.24) is 4.98 Å². The van der Waals surface area contributed by atoms with E-state index >= 15 is 0 Å². The summed E-state index contributed by atoms with van der Waals surface area (Å²) < 4.78 is 0. The summed E-state index contributed by atoms with van der Waals surface area (Å²) in [6.45, 7) is 2.03. The number of aryl methyl sites for hydroxylation is 1. The van der Waals surface area contributed by atoms with Crippen molar-refractivity contribution in [3.05, 3.63) is 71.6 Å². The van der Waals surface area contributed by atoms with Gasteiger partial charge in [-0.1, -0.05) is 35.9 Å². The van der Waals surface area contributed by atoms with Gasteiger partial charge in [-0.2, -0.15) is 0 Å². The van der Waals surface area contributed by atoms with Crippen LogP contribution in [0.3, 0.4) is 0 Å². The van der Waals surface area contributed by atoms with Gasteiger partial charge in [-0.05, 0) is 30.7 Å². The maximum absolute atomic E-state index is 11.8. The van der Waals surface area contributed by atoms with Crippen LogP contribution >= 0.6 is 0 Å². The molecule has 0 amide bonds. The van der Waals surface area contributed by atoms with Gasteiger partial charge in [0.1, 0.15) is 0 Å². The highest BCUT2D eigenvalue weighted by Gasteiger charge is 1.99. The van der Waals surface area contributed by atoms with E-state index in [4.69, 9.17) is 0 Å². The van der Waals surface area contributed by atoms with Gasteiger partial charge >= 0.3 is 0 Å². The average Bonchev–Trinajstić information content (AvgIpc) is 2.37. The van der Waals surface area contributed by atoms with Crippen molar-refractivity contribution in [2.75, 3.05) is 0 Å². The van der Waals surface area contributed by atoms with Crippen LogP contribution in [0.1, 0.15) is 21.5 Å². The molecule has 2 nitrogen and oxygen atoms in total. The minimum Gasteiger partial charge on any atom is -0.289 e. The molecule has 2 rings (SSSR count). The van der Waals surface area contributed by atoms with E-state index in [2.05, 4.69) is 4.98 Å². The number of ketones is 1. The summed E-state index contributed by atoms with van der Waals surface area (Å²) in [5, 5.41) is 0. The number of aromatic nitrogens is 1. The summed E-state index contributed by atoms with van der Waals surface area (Å²) in [5.74, 6) is -0.0281. The van der Waals surface area contributed by atoms with E-state index in [-0.39, 0.29) is 5.78 Å². The molecule has 0 saturated heterocycles. The molecule has 1 aromatic heterocycles. The molecule has 0 aliphatic carbocycles. The van der Waals surface area contributed by atoms with Crippen LogP contribution in [0.4, 0.5) is 0 Å². The van der Waals surface area contributed by atoms with Gasteiger partial charge < -0.3 is 0 Å². The molecule has 84 valence electrons. The Labute approximate surface area is 101 Å². The molecule has 0 unspecified atom stereocenters. The van der Waals surface area contributed by atoms with Crippen LogP contribution in [0.2, 0.25) is 0 Å². The van der Waals surface area contributed by atoms with E-state index < -0.39 is 0 Å². The minimum atomic E-state index is -0.0281. The van der Waals surface area contributed by atoms with Crippen molar-refractivity contribution >= 4 is 11.9 Å². The van der Waals surface area contributed by atoms with E-state index in [0.717, 1.165) is 5.56 Å². The van der Waals surface area contributed by atoms with Crippen LogP contribution in [0.25, 0.3) is 6.08 Å². The number of carbonyl (C=O) groups is 1. The predicted molar refractivity (Wildman–Crippen MR) is 68.8 cm³/mol. The topological polar surface area (TPSA) is 30.0 Å². The molecule has 1 aromatic carbocycles. The van der Waals surface area contributed by atoms with Gasteiger partial charge in [0.25, 0.3) is 0 Å². The van der Waals surface area contributed by atoms with E-state index in [1.54, 1.807) is 30.6 Å². The summed E-state index contributed by atoms with van der Waals surface area (Å²) in [7, 11) is 0. The number of hydrogen-bond donors (Lipinski definition) is 0. The fourth-order valence-corrected chi connectivity index (χ4v) is 1.55. The number of rotatable bonds is 3. The van der Waals surface area contributed by atoms with E-state index in [9.17, 15) is 4.79 Å². The molecule has 0 spiro atoms. The van der Waals surface area contributed by atoms with E-state index in [0.29, 0.717) is 5.56 Å². The highest BCUT2D eigenvalue weighted by atomic mass is 16.1. The van der Waals surface area contributed by atoms with Crippen LogP contribution in [0.5, 0.6) is 0 Å². The van der Waals surface area contributed by atoms with Crippen molar-refractivity contribution in [2.24, 2.45) is 0 Å². The van der Waals surface area contributed by atoms with Gasteiger partial charge in [0.2, 0.25) is 0 Å². The van der Waals surface area contributed by atoms with Gasteiger partial charge in [0.05, 0.1) is 0 Å². The van der Waals surface area contributed by atoms with Crippen molar-refractivity contribution in [2.45, 2.75) is 6.92 Å². The number of pyridine rings is 1. The Hall–Kier alpha value is -2.22. The number of benzene rings is 1. The van der Waals surface area contributed by atoms with Gasteiger partial charge in [-0.15, -0.1) is 0 Å². The van der Waals surface area contributed by atoms with E-state index in [1.807, 2.05) is 37.3 Å². The summed E-state index contributed by atoms with van der Waals surface area (Å²) in [6.07, 6.45) is 6.62. The van der Waals surface area contributed by atoms with Crippen LogP contribution in [0.15, 0.2) is 54.9 Å². The Morgan fingerprint density at radius 3 is 2.82 bits per heavy atom. The van der Waals surface area contributed by atoms with Crippen LogP contribution in [-0.4, -0.2) is 10.8 Å². The molecule has 0 N–H and O–H groups in total. The molecule has 0 atom stereocenters. The fourth-order valence-electron chi connectivity index (χ4n) is 1.55. The smallest absolute Gasteiger partial charge is 0.187 e. The lowest BCUT2D eigenvalue weighted by atomic mass is 10.1. The van der Waals surface area contributed by atoms with Gasteiger partial charge in [-0.3, -0.25) is 9.78 Å².